The number of fused-ring (bicyclic) bond motifs is 1. The van der Waals surface area contributed by atoms with Crippen LogP contribution in [-0.4, -0.2) is 53.4 Å². The summed E-state index contributed by atoms with van der Waals surface area (Å²) in [5.74, 6) is 1.28. The van der Waals surface area contributed by atoms with E-state index in [-0.39, 0.29) is 5.41 Å². The monoisotopic (exact) mass is 463 g/mol. The molecule has 3 aliphatic carbocycles. The van der Waals surface area contributed by atoms with Crippen molar-refractivity contribution in [3.8, 4) is 0 Å². The quantitative estimate of drug-likeness (QED) is 0.511. The topological polar surface area (TPSA) is 43.7 Å². The molecule has 3 saturated carbocycles. The van der Waals surface area contributed by atoms with Crippen LogP contribution in [0.5, 0.6) is 0 Å². The lowest BCUT2D eigenvalue weighted by Gasteiger charge is -2.45. The number of rotatable bonds is 5. The zero-order valence-electron chi connectivity index (χ0n) is 20.5. The summed E-state index contributed by atoms with van der Waals surface area (Å²) in [6.07, 6.45) is 9.65. The molecule has 0 radical (unpaired) electrons. The minimum atomic E-state index is -2.19. The first-order valence-electron chi connectivity index (χ1n) is 13.1. The van der Waals surface area contributed by atoms with E-state index < -0.39 is 24.6 Å². The third kappa shape index (κ3) is 5.31. The van der Waals surface area contributed by atoms with E-state index in [1.807, 2.05) is 0 Å². The van der Waals surface area contributed by atoms with Crippen LogP contribution in [0.1, 0.15) is 71.6 Å². The fourth-order valence-corrected chi connectivity index (χ4v) is 7.64. The molecule has 4 aliphatic rings. The zero-order chi connectivity index (χ0) is 23.8. The molecule has 33 heavy (non-hydrogen) atoms. The fraction of sp³-hybridized carbons (Fsp3) is 0.786. The molecule has 5 heteroatoms. The van der Waals surface area contributed by atoms with E-state index in [0.717, 1.165) is 31.5 Å². The van der Waals surface area contributed by atoms with Crippen molar-refractivity contribution in [3.63, 3.8) is 0 Å². The van der Waals surface area contributed by atoms with Gasteiger partial charge in [-0.25, -0.2) is 8.78 Å². The standard InChI is InChI=1S/C28H43F2NO2/c1-18(16-31-13-5-7-22(17-31)27(29)30)23-10-11-24-21(6-4-12-28(23,24)3)9-8-20-14-25(32)19(2)26(33)15-20/h8-9,18,22-27,32-33H,2,4-7,10-17H2,1,3H3/b21-9+/t18?,22-,23+,24-,25+,26+,28+/m0/s1. The van der Waals surface area contributed by atoms with Gasteiger partial charge in [0.2, 0.25) is 6.43 Å². The first-order chi connectivity index (χ1) is 15.7. The van der Waals surface area contributed by atoms with Crippen LogP contribution in [0.4, 0.5) is 8.78 Å². The first-order valence-corrected chi connectivity index (χ1v) is 13.1. The highest BCUT2D eigenvalue weighted by Gasteiger charge is 2.50. The number of halogens is 2. The van der Waals surface area contributed by atoms with Crippen LogP contribution in [0.15, 0.2) is 35.5 Å². The number of hydrogen-bond donors (Lipinski definition) is 2. The summed E-state index contributed by atoms with van der Waals surface area (Å²) >= 11 is 0. The lowest BCUT2D eigenvalue weighted by molar-refractivity contribution is 0.0132. The van der Waals surface area contributed by atoms with E-state index in [4.69, 9.17) is 0 Å². The molecule has 0 bridgehead atoms. The molecule has 0 amide bonds. The van der Waals surface area contributed by atoms with Crippen LogP contribution in [0.2, 0.25) is 0 Å². The molecule has 2 N–H and O–H groups in total. The van der Waals surface area contributed by atoms with Crippen LogP contribution in [0, 0.1) is 29.1 Å². The molecule has 1 unspecified atom stereocenters. The number of likely N-dealkylation sites (tertiary alicyclic amines) is 1. The Morgan fingerprint density at radius 3 is 2.55 bits per heavy atom. The number of aliphatic hydroxyl groups is 2. The average molecular weight is 464 g/mol. The number of nitrogens with zero attached hydrogens (tertiary/aromatic N) is 1. The van der Waals surface area contributed by atoms with Crippen molar-refractivity contribution in [2.75, 3.05) is 19.6 Å². The summed E-state index contributed by atoms with van der Waals surface area (Å²) in [4.78, 5) is 2.30. The van der Waals surface area contributed by atoms with E-state index in [1.165, 1.54) is 31.3 Å². The second kappa shape index (κ2) is 10.3. The molecule has 1 aliphatic heterocycles. The van der Waals surface area contributed by atoms with Crippen molar-refractivity contribution in [1.82, 2.24) is 4.90 Å². The van der Waals surface area contributed by atoms with Gasteiger partial charge in [-0.15, -0.1) is 0 Å². The third-order valence-electron chi connectivity index (χ3n) is 9.47. The summed E-state index contributed by atoms with van der Waals surface area (Å²) in [6.45, 7) is 11.1. The van der Waals surface area contributed by atoms with E-state index in [2.05, 4.69) is 37.5 Å². The molecule has 3 nitrogen and oxygen atoms in total. The number of alkyl halides is 2. The van der Waals surface area contributed by atoms with Gasteiger partial charge in [0.1, 0.15) is 0 Å². The van der Waals surface area contributed by atoms with Gasteiger partial charge < -0.3 is 15.1 Å². The second-order valence-electron chi connectivity index (χ2n) is 11.7. The van der Waals surface area contributed by atoms with Crippen molar-refractivity contribution in [1.29, 1.82) is 0 Å². The SMILES string of the molecule is C=C1[C@H](O)CC(=C/C=C2\CCC[C@]3(C)[C@@H](C(C)CN4CCC[C@H](C(F)F)C4)CC[C@@H]23)C[C@H]1O. The predicted molar refractivity (Wildman–Crippen MR) is 129 cm³/mol. The van der Waals surface area contributed by atoms with Gasteiger partial charge in [-0.2, -0.15) is 0 Å². The molecular formula is C28H43F2NO2. The molecule has 186 valence electrons. The number of piperidine rings is 1. The van der Waals surface area contributed by atoms with Crippen molar-refractivity contribution in [2.45, 2.75) is 90.3 Å². The highest BCUT2D eigenvalue weighted by Crippen LogP contribution is 2.59. The molecule has 0 aromatic carbocycles. The summed E-state index contributed by atoms with van der Waals surface area (Å²) in [7, 11) is 0. The van der Waals surface area contributed by atoms with E-state index in [9.17, 15) is 19.0 Å². The van der Waals surface area contributed by atoms with E-state index in [0.29, 0.717) is 49.1 Å². The van der Waals surface area contributed by atoms with Crippen molar-refractivity contribution in [3.05, 3.63) is 35.5 Å². The average Bonchev–Trinajstić information content (AvgIpc) is 3.13. The second-order valence-corrected chi connectivity index (χ2v) is 11.7. The molecule has 1 saturated heterocycles. The summed E-state index contributed by atoms with van der Waals surface area (Å²) in [6, 6.07) is 0. The predicted octanol–water partition coefficient (Wildman–Crippen LogP) is 5.74. The van der Waals surface area contributed by atoms with Gasteiger partial charge in [0, 0.05) is 19.0 Å². The molecule has 4 rings (SSSR count). The Labute approximate surface area is 198 Å². The maximum Gasteiger partial charge on any atom is 0.242 e. The minimum Gasteiger partial charge on any atom is -0.388 e. The van der Waals surface area contributed by atoms with Crippen molar-refractivity contribution in [2.24, 2.45) is 29.1 Å². The Morgan fingerprint density at radius 2 is 1.85 bits per heavy atom. The van der Waals surface area contributed by atoms with Gasteiger partial charge in [0.05, 0.1) is 12.2 Å². The number of allylic oxidation sites excluding steroid dienone is 3. The van der Waals surface area contributed by atoms with E-state index >= 15 is 0 Å². The maximum atomic E-state index is 13.3. The van der Waals surface area contributed by atoms with Gasteiger partial charge in [0.15, 0.2) is 0 Å². The van der Waals surface area contributed by atoms with Crippen LogP contribution in [0.3, 0.4) is 0 Å². The lowest BCUT2D eigenvalue weighted by Crippen LogP contribution is -2.44. The highest BCUT2D eigenvalue weighted by atomic mass is 19.3. The fourth-order valence-electron chi connectivity index (χ4n) is 7.64. The maximum absolute atomic E-state index is 13.3. The Morgan fingerprint density at radius 1 is 1.12 bits per heavy atom. The van der Waals surface area contributed by atoms with Gasteiger partial charge in [0.25, 0.3) is 0 Å². The van der Waals surface area contributed by atoms with Crippen molar-refractivity contribution < 1.29 is 19.0 Å². The Balaban J connectivity index is 1.42. The molecule has 7 atom stereocenters. The molecule has 1 heterocycles. The normalized spacial score (nSPS) is 40.3. The molecule has 0 aromatic rings. The Bertz CT molecular complexity index is 762. The molecule has 0 spiro atoms. The lowest BCUT2D eigenvalue weighted by atomic mass is 9.61. The zero-order valence-corrected chi connectivity index (χ0v) is 20.5. The Kier molecular flexibility index (Phi) is 7.82. The summed E-state index contributed by atoms with van der Waals surface area (Å²) < 4.78 is 26.5. The smallest absolute Gasteiger partial charge is 0.242 e. The van der Waals surface area contributed by atoms with Gasteiger partial charge in [-0.3, -0.25) is 0 Å². The van der Waals surface area contributed by atoms with Crippen LogP contribution >= 0.6 is 0 Å². The summed E-state index contributed by atoms with van der Waals surface area (Å²) in [5, 5.41) is 20.3. The van der Waals surface area contributed by atoms with Gasteiger partial charge >= 0.3 is 0 Å². The molecule has 4 fully saturated rings. The Hall–Kier alpha value is -1.04. The minimum absolute atomic E-state index is 0.278. The first kappa shape index (κ1) is 25.1. The van der Waals surface area contributed by atoms with Gasteiger partial charge in [-0.1, -0.05) is 43.7 Å². The van der Waals surface area contributed by atoms with Crippen LogP contribution < -0.4 is 0 Å². The highest BCUT2D eigenvalue weighted by molar-refractivity contribution is 5.29. The third-order valence-corrected chi connectivity index (χ3v) is 9.47. The van der Waals surface area contributed by atoms with Crippen molar-refractivity contribution >= 4 is 0 Å². The van der Waals surface area contributed by atoms with Crippen LogP contribution in [-0.2, 0) is 0 Å². The van der Waals surface area contributed by atoms with Gasteiger partial charge in [-0.05, 0) is 93.1 Å². The molecular weight excluding hydrogens is 420 g/mol. The molecule has 0 aromatic heterocycles. The van der Waals surface area contributed by atoms with E-state index in [1.54, 1.807) is 0 Å². The number of hydrogen-bond acceptors (Lipinski definition) is 3. The summed E-state index contributed by atoms with van der Waals surface area (Å²) in [5.41, 5.74) is 3.44. The largest absolute Gasteiger partial charge is 0.388 e. The van der Waals surface area contributed by atoms with Crippen LogP contribution in [0.25, 0.3) is 0 Å². The number of aliphatic hydroxyl groups excluding tert-OH is 2.